The van der Waals surface area contributed by atoms with Crippen LogP contribution in [0.25, 0.3) is 11.0 Å². The van der Waals surface area contributed by atoms with Crippen molar-refractivity contribution in [1.29, 1.82) is 0 Å². The maximum absolute atomic E-state index is 13.5. The van der Waals surface area contributed by atoms with E-state index in [4.69, 9.17) is 0 Å². The number of carbonyl (C=O) groups is 1. The number of hydrogen-bond acceptors (Lipinski definition) is 5. The van der Waals surface area contributed by atoms with Gasteiger partial charge in [-0.2, -0.15) is 18.3 Å². The van der Waals surface area contributed by atoms with Gasteiger partial charge >= 0.3 is 6.18 Å². The molecule has 0 aromatic carbocycles. The molecule has 0 spiro atoms. The summed E-state index contributed by atoms with van der Waals surface area (Å²) in [6.07, 6.45) is -1.18. The summed E-state index contributed by atoms with van der Waals surface area (Å²) in [7, 11) is 1.30. The second-order valence-electron chi connectivity index (χ2n) is 7.07. The molecule has 3 heterocycles. The fourth-order valence-corrected chi connectivity index (χ4v) is 3.09. The largest absolute Gasteiger partial charge is 0.503 e. The quantitative estimate of drug-likeness (QED) is 0.687. The highest BCUT2D eigenvalue weighted by Gasteiger charge is 2.37. The van der Waals surface area contributed by atoms with E-state index in [0.29, 0.717) is 0 Å². The van der Waals surface area contributed by atoms with Gasteiger partial charge in [-0.15, -0.1) is 0 Å². The van der Waals surface area contributed by atoms with Crippen molar-refractivity contribution in [2.24, 2.45) is 0 Å². The Kier molecular flexibility index (Phi) is 4.85. The van der Waals surface area contributed by atoms with Crippen molar-refractivity contribution in [2.45, 2.75) is 32.1 Å². The van der Waals surface area contributed by atoms with Crippen molar-refractivity contribution in [2.75, 3.05) is 7.05 Å². The molecule has 1 amide bonds. The van der Waals surface area contributed by atoms with Gasteiger partial charge in [0.1, 0.15) is 5.65 Å². The second-order valence-corrected chi connectivity index (χ2v) is 7.07. The number of aromatic hydroxyl groups is 1. The van der Waals surface area contributed by atoms with Gasteiger partial charge in [-0.05, 0) is 26.0 Å². The third-order valence-corrected chi connectivity index (χ3v) is 4.46. The lowest BCUT2D eigenvalue weighted by Crippen LogP contribution is -2.35. The average molecular weight is 409 g/mol. The molecule has 154 valence electrons. The van der Waals surface area contributed by atoms with Crippen LogP contribution in [0.1, 0.15) is 29.9 Å². The number of nitrogens with one attached hydrogen (secondary N) is 1. The van der Waals surface area contributed by atoms with Crippen LogP contribution in [0.5, 0.6) is 5.75 Å². The fourth-order valence-electron chi connectivity index (χ4n) is 3.09. The molecule has 3 rings (SSSR count). The molecule has 8 nitrogen and oxygen atoms in total. The molecule has 3 aromatic rings. The number of fused-ring (bicyclic) bond motifs is 1. The lowest BCUT2D eigenvalue weighted by atomic mass is 10.1. The van der Waals surface area contributed by atoms with Gasteiger partial charge in [-0.1, -0.05) is 0 Å². The predicted octanol–water partition coefficient (Wildman–Crippen LogP) is 2.11. The predicted molar refractivity (Wildman–Crippen MR) is 97.6 cm³/mol. The molecule has 0 bridgehead atoms. The van der Waals surface area contributed by atoms with E-state index in [9.17, 15) is 27.9 Å². The Morgan fingerprint density at radius 2 is 1.97 bits per heavy atom. The van der Waals surface area contributed by atoms with E-state index in [-0.39, 0.29) is 17.6 Å². The smallest absolute Gasteiger partial charge is 0.418 e. The van der Waals surface area contributed by atoms with Gasteiger partial charge < -0.3 is 15.0 Å². The molecule has 29 heavy (non-hydrogen) atoms. The maximum Gasteiger partial charge on any atom is 0.418 e. The average Bonchev–Trinajstić information content (AvgIpc) is 3.04. The van der Waals surface area contributed by atoms with Crippen LogP contribution in [-0.2, 0) is 18.3 Å². The van der Waals surface area contributed by atoms with Crippen LogP contribution >= 0.6 is 0 Å². The van der Waals surface area contributed by atoms with Crippen molar-refractivity contribution < 1.29 is 23.1 Å². The van der Waals surface area contributed by atoms with Gasteiger partial charge in [-0.25, -0.2) is 4.98 Å². The molecular weight excluding hydrogens is 391 g/mol. The molecule has 3 aromatic heterocycles. The minimum Gasteiger partial charge on any atom is -0.503 e. The topological polar surface area (TPSA) is 102 Å². The first-order valence-corrected chi connectivity index (χ1v) is 8.52. The number of pyridine rings is 1. The van der Waals surface area contributed by atoms with Crippen LogP contribution < -0.4 is 10.7 Å². The number of hydrogen-bond donors (Lipinski definition) is 2. The number of alkyl halides is 3. The Bertz CT molecular complexity index is 1150. The van der Waals surface area contributed by atoms with E-state index in [0.717, 1.165) is 17.1 Å². The standard InChI is InChI=1S/C18H18F3N5O3/c1-17(2,9-25-8-12(27)14(28)13(24-25)16(29)22-3)26-7-11(18(19,20)21)10-5-4-6-23-15(10)26/h4-8,27H,9H2,1-3H3,(H,22,29). The first-order chi connectivity index (χ1) is 13.5. The normalized spacial score (nSPS) is 12.3. The molecule has 0 unspecified atom stereocenters. The van der Waals surface area contributed by atoms with Crippen molar-refractivity contribution in [3.05, 3.63) is 52.2 Å². The number of halogens is 3. The molecule has 0 saturated heterocycles. The fraction of sp³-hybridized carbons (Fsp3) is 0.333. The van der Waals surface area contributed by atoms with Crippen molar-refractivity contribution in [1.82, 2.24) is 24.6 Å². The molecule has 0 aliphatic carbocycles. The number of carbonyl (C=O) groups excluding carboxylic acids is 1. The summed E-state index contributed by atoms with van der Waals surface area (Å²) in [6.45, 7) is 3.25. The first kappa shape index (κ1) is 20.4. The van der Waals surface area contributed by atoms with Crippen LogP contribution in [0.15, 0.2) is 35.5 Å². The molecular formula is C18H18F3N5O3. The van der Waals surface area contributed by atoms with Gasteiger partial charge in [0, 0.05) is 24.8 Å². The van der Waals surface area contributed by atoms with Crippen LogP contribution in [-0.4, -0.2) is 37.4 Å². The zero-order valence-electron chi connectivity index (χ0n) is 15.8. The zero-order chi connectivity index (χ0) is 21.6. The summed E-state index contributed by atoms with van der Waals surface area (Å²) < 4.78 is 42.9. The Hall–Kier alpha value is -3.37. The lowest BCUT2D eigenvalue weighted by molar-refractivity contribution is -0.136. The van der Waals surface area contributed by atoms with Crippen LogP contribution in [0.3, 0.4) is 0 Å². The maximum atomic E-state index is 13.5. The number of nitrogens with zero attached hydrogens (tertiary/aromatic N) is 4. The summed E-state index contributed by atoms with van der Waals surface area (Å²) in [5.41, 5.74) is -3.16. The Morgan fingerprint density at radius 3 is 2.59 bits per heavy atom. The van der Waals surface area contributed by atoms with E-state index in [2.05, 4.69) is 15.4 Å². The molecule has 0 aliphatic rings. The Labute approximate surface area is 162 Å². The Morgan fingerprint density at radius 1 is 1.28 bits per heavy atom. The highest BCUT2D eigenvalue weighted by molar-refractivity contribution is 5.92. The van der Waals surface area contributed by atoms with E-state index >= 15 is 0 Å². The lowest BCUT2D eigenvalue weighted by Gasteiger charge is -2.28. The molecule has 2 N–H and O–H groups in total. The Balaban J connectivity index is 2.11. The monoisotopic (exact) mass is 409 g/mol. The minimum absolute atomic E-state index is 0.0464. The number of rotatable bonds is 4. The first-order valence-electron chi connectivity index (χ1n) is 8.52. The van der Waals surface area contributed by atoms with Gasteiger partial charge in [0.15, 0.2) is 11.4 Å². The molecule has 0 atom stereocenters. The van der Waals surface area contributed by atoms with Crippen LogP contribution in [0, 0.1) is 0 Å². The molecule has 0 aliphatic heterocycles. The van der Waals surface area contributed by atoms with Gasteiger partial charge in [0.05, 0.1) is 23.8 Å². The molecule has 11 heteroatoms. The van der Waals surface area contributed by atoms with Crippen molar-refractivity contribution >= 4 is 16.9 Å². The van der Waals surface area contributed by atoms with Gasteiger partial charge in [0.2, 0.25) is 0 Å². The second kappa shape index (κ2) is 6.90. The number of amides is 1. The van der Waals surface area contributed by atoms with Crippen molar-refractivity contribution in [3.63, 3.8) is 0 Å². The van der Waals surface area contributed by atoms with E-state index < -0.39 is 40.1 Å². The van der Waals surface area contributed by atoms with E-state index in [1.807, 2.05) is 0 Å². The van der Waals surface area contributed by atoms with Crippen LogP contribution in [0.4, 0.5) is 13.2 Å². The minimum atomic E-state index is -4.57. The van der Waals surface area contributed by atoms with Crippen LogP contribution in [0.2, 0.25) is 0 Å². The third-order valence-electron chi connectivity index (χ3n) is 4.46. The SMILES string of the molecule is CNC(=O)c1nn(CC(C)(C)n2cc(C(F)(F)F)c3cccnc32)cc(O)c1=O. The summed E-state index contributed by atoms with van der Waals surface area (Å²) >= 11 is 0. The number of aromatic nitrogens is 4. The molecule has 0 saturated carbocycles. The van der Waals surface area contributed by atoms with Gasteiger partial charge in [0.25, 0.3) is 11.3 Å². The highest BCUT2D eigenvalue weighted by Crippen LogP contribution is 2.37. The van der Waals surface area contributed by atoms with Crippen molar-refractivity contribution in [3.8, 4) is 5.75 Å². The summed E-state index contributed by atoms with van der Waals surface area (Å²) in [5.74, 6) is -1.48. The molecule has 0 radical (unpaired) electrons. The summed E-state index contributed by atoms with van der Waals surface area (Å²) in [5, 5.41) is 16.0. The molecule has 0 fully saturated rings. The summed E-state index contributed by atoms with van der Waals surface area (Å²) in [6, 6.07) is 2.76. The van der Waals surface area contributed by atoms with E-state index in [1.54, 1.807) is 13.8 Å². The van der Waals surface area contributed by atoms with E-state index in [1.165, 1.54) is 29.9 Å². The zero-order valence-corrected chi connectivity index (χ0v) is 15.8. The third kappa shape index (κ3) is 3.67. The summed E-state index contributed by atoms with van der Waals surface area (Å²) in [4.78, 5) is 27.8. The van der Waals surface area contributed by atoms with Gasteiger partial charge in [-0.3, -0.25) is 14.3 Å². The highest BCUT2D eigenvalue weighted by atomic mass is 19.4.